The SMILES string of the molecule is CC(C)(C)NN.Cc1ccc(C)c(C(=O)Cl)c1C.Cl.O=C(Cl)c1ccccc1. The molecule has 0 aromatic heterocycles. The minimum atomic E-state index is -0.407. The average molecular weight is 448 g/mol. The third-order valence-electron chi connectivity index (χ3n) is 3.57. The van der Waals surface area contributed by atoms with Gasteiger partial charge in [0.25, 0.3) is 10.5 Å². The van der Waals surface area contributed by atoms with Crippen LogP contribution in [0.15, 0.2) is 42.5 Å². The molecule has 0 amide bonds. The lowest BCUT2D eigenvalue weighted by atomic mass is 9.99. The van der Waals surface area contributed by atoms with E-state index < -0.39 is 5.24 Å². The summed E-state index contributed by atoms with van der Waals surface area (Å²) >= 11 is 10.6. The molecule has 0 fully saturated rings. The lowest BCUT2D eigenvalue weighted by Crippen LogP contribution is -2.41. The molecule has 0 unspecified atom stereocenters. The Morgan fingerprint density at radius 3 is 1.57 bits per heavy atom. The van der Waals surface area contributed by atoms with Crippen molar-refractivity contribution >= 4 is 46.1 Å². The van der Waals surface area contributed by atoms with Crippen LogP contribution in [0.1, 0.15) is 58.2 Å². The van der Waals surface area contributed by atoms with E-state index in [1.165, 1.54) is 0 Å². The number of rotatable bonds is 2. The van der Waals surface area contributed by atoms with Gasteiger partial charge >= 0.3 is 0 Å². The minimum Gasteiger partial charge on any atom is -0.276 e. The van der Waals surface area contributed by atoms with Crippen LogP contribution in [0.4, 0.5) is 0 Å². The predicted octanol–water partition coefficient (Wildman–Crippen LogP) is 5.73. The number of hydrazine groups is 1. The summed E-state index contributed by atoms with van der Waals surface area (Å²) in [5, 5.41) is -0.774. The Balaban J connectivity index is 0. The van der Waals surface area contributed by atoms with Crippen LogP contribution >= 0.6 is 35.6 Å². The first kappa shape index (κ1) is 28.8. The number of hydrogen-bond donors (Lipinski definition) is 2. The van der Waals surface area contributed by atoms with Crippen LogP contribution < -0.4 is 11.3 Å². The fraction of sp³-hybridized carbons (Fsp3) is 0.333. The Bertz CT molecular complexity index is 758. The number of nitrogens with one attached hydrogen (secondary N) is 1. The first-order chi connectivity index (χ1) is 12.4. The molecule has 2 aromatic rings. The molecule has 0 saturated heterocycles. The molecule has 0 atom stereocenters. The zero-order valence-corrected chi connectivity index (χ0v) is 19.4. The van der Waals surface area contributed by atoms with Gasteiger partial charge in [-0.15, -0.1) is 12.4 Å². The zero-order chi connectivity index (χ0) is 21.2. The highest BCUT2D eigenvalue weighted by atomic mass is 35.5. The molecule has 0 spiro atoms. The van der Waals surface area contributed by atoms with E-state index in [1.54, 1.807) is 24.3 Å². The summed E-state index contributed by atoms with van der Waals surface area (Å²) in [6, 6.07) is 12.6. The molecule has 3 N–H and O–H groups in total. The van der Waals surface area contributed by atoms with Gasteiger partial charge in [-0.1, -0.05) is 42.5 Å². The van der Waals surface area contributed by atoms with Gasteiger partial charge in [0.05, 0.1) is 0 Å². The maximum Gasteiger partial charge on any atom is 0.252 e. The van der Waals surface area contributed by atoms with Crippen LogP contribution in [0, 0.1) is 20.8 Å². The van der Waals surface area contributed by atoms with E-state index in [0.717, 1.165) is 16.7 Å². The monoisotopic (exact) mass is 446 g/mol. The largest absolute Gasteiger partial charge is 0.276 e. The Morgan fingerprint density at radius 1 is 0.857 bits per heavy atom. The van der Waals surface area contributed by atoms with E-state index in [-0.39, 0.29) is 23.2 Å². The Morgan fingerprint density at radius 2 is 1.29 bits per heavy atom. The second-order valence-electron chi connectivity index (χ2n) is 7.01. The summed E-state index contributed by atoms with van der Waals surface area (Å²) in [6.45, 7) is 11.8. The molecule has 0 aliphatic carbocycles. The lowest BCUT2D eigenvalue weighted by Gasteiger charge is -2.14. The van der Waals surface area contributed by atoms with E-state index in [2.05, 4.69) is 5.43 Å². The van der Waals surface area contributed by atoms with Gasteiger partial charge in [-0.3, -0.25) is 20.9 Å². The van der Waals surface area contributed by atoms with E-state index in [0.29, 0.717) is 11.1 Å². The van der Waals surface area contributed by atoms with Gasteiger partial charge in [-0.25, -0.2) is 0 Å². The van der Waals surface area contributed by atoms with Crippen molar-refractivity contribution in [3.63, 3.8) is 0 Å². The van der Waals surface area contributed by atoms with Crippen molar-refractivity contribution in [3.05, 3.63) is 70.3 Å². The molecule has 0 bridgehead atoms. The Kier molecular flexibility index (Phi) is 14.1. The molecule has 2 rings (SSSR count). The van der Waals surface area contributed by atoms with Crippen molar-refractivity contribution in [1.82, 2.24) is 5.43 Å². The second kappa shape index (κ2) is 13.7. The van der Waals surface area contributed by atoms with Gasteiger partial charge in [-0.05, 0) is 81.4 Å². The Labute approximate surface area is 184 Å². The topological polar surface area (TPSA) is 72.2 Å². The number of benzene rings is 2. The molecular formula is C21H29Cl3N2O2. The van der Waals surface area contributed by atoms with Crippen molar-refractivity contribution in [2.45, 2.75) is 47.1 Å². The van der Waals surface area contributed by atoms with Gasteiger partial charge in [0.2, 0.25) is 0 Å². The highest BCUT2D eigenvalue weighted by Gasteiger charge is 2.10. The number of aryl methyl sites for hydroxylation is 2. The zero-order valence-electron chi connectivity index (χ0n) is 17.1. The molecule has 28 heavy (non-hydrogen) atoms. The van der Waals surface area contributed by atoms with Crippen LogP contribution in [0.3, 0.4) is 0 Å². The third kappa shape index (κ3) is 11.4. The molecule has 7 heteroatoms. The quantitative estimate of drug-likeness (QED) is 0.350. The first-order valence-corrected chi connectivity index (χ1v) is 9.15. The van der Waals surface area contributed by atoms with Crippen LogP contribution in [0.25, 0.3) is 0 Å². The van der Waals surface area contributed by atoms with Crippen LogP contribution in [-0.2, 0) is 0 Å². The van der Waals surface area contributed by atoms with Gasteiger partial charge in [0.15, 0.2) is 0 Å². The fourth-order valence-corrected chi connectivity index (χ4v) is 2.24. The van der Waals surface area contributed by atoms with E-state index >= 15 is 0 Å². The molecule has 0 aliphatic heterocycles. The molecular weight excluding hydrogens is 419 g/mol. The fourth-order valence-electron chi connectivity index (χ4n) is 1.82. The van der Waals surface area contributed by atoms with E-state index in [1.807, 2.05) is 59.7 Å². The molecule has 156 valence electrons. The normalized spacial score (nSPS) is 9.75. The molecule has 0 aliphatic rings. The standard InChI is InChI=1S/C10H11ClO.C7H5ClO.C4H12N2.ClH/c1-6-4-5-7(2)9(8(6)3)10(11)12;8-7(9)6-4-2-1-3-5-6;1-4(2,3)6-5;/h4-5H,1-3H3;1-5H;6H,5H2,1-3H3;1H. The maximum atomic E-state index is 11.0. The van der Waals surface area contributed by atoms with Crippen molar-refractivity contribution in [2.75, 3.05) is 0 Å². The molecule has 2 aromatic carbocycles. The van der Waals surface area contributed by atoms with Gasteiger partial charge in [0.1, 0.15) is 0 Å². The summed E-state index contributed by atoms with van der Waals surface area (Å²) in [6.07, 6.45) is 0. The lowest BCUT2D eigenvalue weighted by molar-refractivity contribution is 0.107. The predicted molar refractivity (Wildman–Crippen MR) is 122 cm³/mol. The van der Waals surface area contributed by atoms with Gasteiger partial charge in [-0.2, -0.15) is 0 Å². The summed E-state index contributed by atoms with van der Waals surface area (Å²) in [5.74, 6) is 5.06. The number of nitrogens with two attached hydrogens (primary N) is 1. The highest BCUT2D eigenvalue weighted by Crippen LogP contribution is 2.19. The van der Waals surface area contributed by atoms with Crippen molar-refractivity contribution < 1.29 is 9.59 Å². The average Bonchev–Trinajstić information content (AvgIpc) is 2.59. The van der Waals surface area contributed by atoms with Crippen LogP contribution in [-0.4, -0.2) is 16.0 Å². The summed E-state index contributed by atoms with van der Waals surface area (Å²) in [5.41, 5.74) is 6.89. The third-order valence-corrected chi connectivity index (χ3v) is 3.98. The summed E-state index contributed by atoms with van der Waals surface area (Å²) < 4.78 is 0. The first-order valence-electron chi connectivity index (χ1n) is 8.40. The van der Waals surface area contributed by atoms with Crippen molar-refractivity contribution in [1.29, 1.82) is 0 Å². The molecule has 0 heterocycles. The molecule has 0 saturated carbocycles. The van der Waals surface area contributed by atoms with Crippen molar-refractivity contribution in [2.24, 2.45) is 5.84 Å². The van der Waals surface area contributed by atoms with Gasteiger partial charge in [0, 0.05) is 16.7 Å². The molecule has 4 nitrogen and oxygen atoms in total. The second-order valence-corrected chi connectivity index (χ2v) is 7.69. The van der Waals surface area contributed by atoms with Gasteiger partial charge < -0.3 is 0 Å². The molecule has 0 radical (unpaired) electrons. The smallest absolute Gasteiger partial charge is 0.252 e. The minimum absolute atomic E-state index is 0. The number of carbonyl (C=O) groups excluding carboxylic acids is 2. The number of halogens is 3. The number of hydrogen-bond acceptors (Lipinski definition) is 4. The van der Waals surface area contributed by atoms with E-state index in [4.69, 9.17) is 29.0 Å². The summed E-state index contributed by atoms with van der Waals surface area (Å²) in [7, 11) is 0. The maximum absolute atomic E-state index is 11.0. The number of carbonyl (C=O) groups is 2. The van der Waals surface area contributed by atoms with Crippen LogP contribution in [0.2, 0.25) is 0 Å². The van der Waals surface area contributed by atoms with Crippen LogP contribution in [0.5, 0.6) is 0 Å². The summed E-state index contributed by atoms with van der Waals surface area (Å²) in [4.78, 5) is 21.4. The van der Waals surface area contributed by atoms with E-state index in [9.17, 15) is 9.59 Å². The highest BCUT2D eigenvalue weighted by molar-refractivity contribution is 6.68. The Hall–Kier alpha value is -1.43. The van der Waals surface area contributed by atoms with Crippen molar-refractivity contribution in [3.8, 4) is 0 Å².